The van der Waals surface area contributed by atoms with E-state index in [-0.39, 0.29) is 0 Å². The first-order valence-electron chi connectivity index (χ1n) is 7.17. The molecule has 0 aliphatic carbocycles. The quantitative estimate of drug-likeness (QED) is 0.840. The van der Waals surface area contributed by atoms with E-state index in [1.54, 1.807) is 4.31 Å². The van der Waals surface area contributed by atoms with Crippen LogP contribution in [0.4, 0.5) is 0 Å². The average Bonchev–Trinajstić information content (AvgIpc) is 2.79. The van der Waals surface area contributed by atoms with Crippen LogP contribution in [0.5, 0.6) is 0 Å². The van der Waals surface area contributed by atoms with E-state index in [9.17, 15) is 8.42 Å². The van der Waals surface area contributed by atoms with Crippen LogP contribution >= 0.6 is 0 Å². The summed E-state index contributed by atoms with van der Waals surface area (Å²) in [7, 11) is -3.03. The first-order valence-corrected chi connectivity index (χ1v) is 8.78. The minimum Gasteiger partial charge on any atom is -0.316 e. The molecule has 0 radical (unpaired) electrons. The number of nitrogens with one attached hydrogen (secondary N) is 1. The summed E-state index contributed by atoms with van der Waals surface area (Å²) >= 11 is 0. The van der Waals surface area contributed by atoms with Gasteiger partial charge in [0, 0.05) is 13.1 Å². The van der Waals surface area contributed by atoms with Crippen molar-refractivity contribution in [3.8, 4) is 0 Å². The van der Waals surface area contributed by atoms with Crippen molar-refractivity contribution in [2.75, 3.05) is 31.9 Å². The first-order chi connectivity index (χ1) is 8.49. The van der Waals surface area contributed by atoms with E-state index in [1.165, 1.54) is 0 Å². The second kappa shape index (κ2) is 5.88. The number of hydrogen-bond acceptors (Lipinski definition) is 3. The van der Waals surface area contributed by atoms with Gasteiger partial charge in [0.2, 0.25) is 10.0 Å². The Balaban J connectivity index is 1.90. The maximum Gasteiger partial charge on any atom is 0.214 e. The summed E-state index contributed by atoms with van der Waals surface area (Å²) in [5.74, 6) is 1.78. The molecule has 2 aliphatic rings. The van der Waals surface area contributed by atoms with E-state index in [0.717, 1.165) is 45.4 Å². The molecule has 2 heterocycles. The third kappa shape index (κ3) is 3.45. The Morgan fingerprint density at radius 3 is 2.67 bits per heavy atom. The predicted octanol–water partition coefficient (Wildman–Crippen LogP) is 1.29. The van der Waals surface area contributed by atoms with Crippen LogP contribution in [0.1, 0.15) is 33.1 Å². The fourth-order valence-electron chi connectivity index (χ4n) is 3.02. The SMILES string of the molecule is CC(C)C1CCN(S(=O)(=O)CC2CCCNC2)C1. The van der Waals surface area contributed by atoms with E-state index in [1.807, 2.05) is 0 Å². The number of piperidine rings is 1. The van der Waals surface area contributed by atoms with Gasteiger partial charge in [-0.15, -0.1) is 0 Å². The van der Waals surface area contributed by atoms with Crippen LogP contribution in [0.3, 0.4) is 0 Å². The Kier molecular flexibility index (Phi) is 4.67. The lowest BCUT2D eigenvalue weighted by Gasteiger charge is -2.25. The van der Waals surface area contributed by atoms with Crippen molar-refractivity contribution in [2.24, 2.45) is 17.8 Å². The van der Waals surface area contributed by atoms with Crippen molar-refractivity contribution in [3.63, 3.8) is 0 Å². The zero-order valence-corrected chi connectivity index (χ0v) is 12.4. The topological polar surface area (TPSA) is 49.4 Å². The van der Waals surface area contributed by atoms with Gasteiger partial charge in [0.1, 0.15) is 0 Å². The Morgan fingerprint density at radius 2 is 2.11 bits per heavy atom. The molecule has 2 rings (SSSR count). The van der Waals surface area contributed by atoms with Crippen LogP contribution in [0.25, 0.3) is 0 Å². The molecule has 0 bridgehead atoms. The second-order valence-electron chi connectivity index (χ2n) is 6.14. The van der Waals surface area contributed by atoms with Gasteiger partial charge >= 0.3 is 0 Å². The second-order valence-corrected chi connectivity index (χ2v) is 8.16. The Labute approximate surface area is 111 Å². The molecular weight excluding hydrogens is 248 g/mol. The number of hydrogen-bond donors (Lipinski definition) is 1. The van der Waals surface area contributed by atoms with E-state index in [0.29, 0.717) is 23.5 Å². The fraction of sp³-hybridized carbons (Fsp3) is 1.00. The molecule has 5 heteroatoms. The Hall–Kier alpha value is -0.130. The third-order valence-corrected chi connectivity index (χ3v) is 6.38. The van der Waals surface area contributed by atoms with Gasteiger partial charge in [0.05, 0.1) is 5.75 Å². The standard InChI is InChI=1S/C13H26N2O2S/c1-11(2)13-5-7-15(9-13)18(16,17)10-12-4-3-6-14-8-12/h11-14H,3-10H2,1-2H3. The molecule has 0 aromatic carbocycles. The molecule has 2 saturated heterocycles. The number of nitrogens with zero attached hydrogens (tertiary/aromatic N) is 1. The summed E-state index contributed by atoms with van der Waals surface area (Å²) in [6.07, 6.45) is 3.18. The third-order valence-electron chi connectivity index (χ3n) is 4.37. The Morgan fingerprint density at radius 1 is 1.33 bits per heavy atom. The molecule has 4 nitrogen and oxygen atoms in total. The van der Waals surface area contributed by atoms with E-state index in [2.05, 4.69) is 19.2 Å². The van der Waals surface area contributed by atoms with Crippen molar-refractivity contribution in [3.05, 3.63) is 0 Å². The van der Waals surface area contributed by atoms with Gasteiger partial charge in [0.25, 0.3) is 0 Å². The minimum absolute atomic E-state index is 0.307. The number of rotatable bonds is 4. The highest BCUT2D eigenvalue weighted by Gasteiger charge is 2.34. The summed E-state index contributed by atoms with van der Waals surface area (Å²) in [5, 5.41) is 3.29. The molecule has 106 valence electrons. The van der Waals surface area contributed by atoms with Crippen molar-refractivity contribution in [2.45, 2.75) is 33.1 Å². The molecule has 2 aliphatic heterocycles. The Bertz CT molecular complexity index is 361. The molecule has 2 unspecified atom stereocenters. The molecule has 2 atom stereocenters. The molecule has 0 amide bonds. The first kappa shape index (κ1) is 14.3. The summed E-state index contributed by atoms with van der Waals surface area (Å²) in [6, 6.07) is 0. The van der Waals surface area contributed by atoms with Crippen molar-refractivity contribution in [1.82, 2.24) is 9.62 Å². The summed E-state index contributed by atoms with van der Waals surface area (Å²) in [6.45, 7) is 7.74. The monoisotopic (exact) mass is 274 g/mol. The molecule has 0 saturated carbocycles. The molecule has 2 fully saturated rings. The predicted molar refractivity (Wildman–Crippen MR) is 73.9 cm³/mol. The summed E-state index contributed by atoms with van der Waals surface area (Å²) in [5.41, 5.74) is 0. The molecule has 0 spiro atoms. The molecule has 18 heavy (non-hydrogen) atoms. The number of sulfonamides is 1. The van der Waals surface area contributed by atoms with E-state index < -0.39 is 10.0 Å². The van der Waals surface area contributed by atoms with Gasteiger partial charge in [0.15, 0.2) is 0 Å². The van der Waals surface area contributed by atoms with Crippen molar-refractivity contribution < 1.29 is 8.42 Å². The van der Waals surface area contributed by atoms with Crippen molar-refractivity contribution in [1.29, 1.82) is 0 Å². The van der Waals surface area contributed by atoms with Crippen LogP contribution in [0.2, 0.25) is 0 Å². The molecule has 0 aromatic heterocycles. The molecule has 1 N–H and O–H groups in total. The average molecular weight is 274 g/mol. The van der Waals surface area contributed by atoms with E-state index in [4.69, 9.17) is 0 Å². The normalized spacial score (nSPS) is 31.1. The van der Waals surface area contributed by atoms with E-state index >= 15 is 0 Å². The highest BCUT2D eigenvalue weighted by molar-refractivity contribution is 7.89. The van der Waals surface area contributed by atoms with Gasteiger partial charge in [-0.05, 0) is 50.1 Å². The fourth-order valence-corrected chi connectivity index (χ4v) is 4.91. The largest absolute Gasteiger partial charge is 0.316 e. The lowest BCUT2D eigenvalue weighted by Crippen LogP contribution is -2.39. The summed E-state index contributed by atoms with van der Waals surface area (Å²) < 4.78 is 26.5. The van der Waals surface area contributed by atoms with Crippen LogP contribution in [0.15, 0.2) is 0 Å². The smallest absolute Gasteiger partial charge is 0.214 e. The maximum absolute atomic E-state index is 12.4. The molecular formula is C13H26N2O2S. The van der Waals surface area contributed by atoms with Gasteiger partial charge in [-0.25, -0.2) is 12.7 Å². The van der Waals surface area contributed by atoms with Crippen molar-refractivity contribution >= 4 is 10.0 Å². The van der Waals surface area contributed by atoms with Gasteiger partial charge in [-0.2, -0.15) is 0 Å². The highest BCUT2D eigenvalue weighted by Crippen LogP contribution is 2.27. The summed E-state index contributed by atoms with van der Waals surface area (Å²) in [4.78, 5) is 0. The zero-order valence-electron chi connectivity index (χ0n) is 11.6. The van der Waals surface area contributed by atoms with Gasteiger partial charge in [-0.1, -0.05) is 13.8 Å². The van der Waals surface area contributed by atoms with Crippen LogP contribution < -0.4 is 5.32 Å². The zero-order chi connectivity index (χ0) is 13.2. The minimum atomic E-state index is -3.03. The van der Waals surface area contributed by atoms with Crippen LogP contribution in [-0.2, 0) is 10.0 Å². The highest BCUT2D eigenvalue weighted by atomic mass is 32.2. The van der Waals surface area contributed by atoms with Gasteiger partial charge in [-0.3, -0.25) is 0 Å². The maximum atomic E-state index is 12.4. The van der Waals surface area contributed by atoms with Crippen LogP contribution in [-0.4, -0.2) is 44.7 Å². The van der Waals surface area contributed by atoms with Crippen LogP contribution in [0, 0.1) is 17.8 Å². The lowest BCUT2D eigenvalue weighted by atomic mass is 9.96. The molecule has 0 aromatic rings. The lowest BCUT2D eigenvalue weighted by molar-refractivity contribution is 0.375. The van der Waals surface area contributed by atoms with Gasteiger partial charge < -0.3 is 5.32 Å².